The Morgan fingerprint density at radius 2 is 1.55 bits per heavy atom. The standard InChI is InChI=1S/C43H56N2O3S/c1-30-9-6-7-12-34(30)21-19-31-15-17-32(18-16-31)20-22-35-23-26-37(28-39(35)44-42(48)40-29-49-43(45-40)36-24-25-36)41(47)14-5-3-2-4-10-33-11-8-13-38(46)27-33/h6-7,9,12,23,26,28-29,31-33,36H,2-5,8,10-11,13-22,24-25,27H2,1H3,(H,44,48). The van der Waals surface area contributed by atoms with E-state index in [2.05, 4.69) is 47.6 Å². The second-order valence-electron chi connectivity index (χ2n) is 15.4. The minimum atomic E-state index is -0.178. The number of benzene rings is 2. The molecule has 3 fully saturated rings. The highest BCUT2D eigenvalue weighted by atomic mass is 32.1. The zero-order valence-electron chi connectivity index (χ0n) is 29.7. The van der Waals surface area contributed by atoms with Gasteiger partial charge in [-0.15, -0.1) is 11.3 Å². The van der Waals surface area contributed by atoms with Crippen molar-refractivity contribution in [3.63, 3.8) is 0 Å². The Bertz CT molecular complexity index is 1560. The molecule has 49 heavy (non-hydrogen) atoms. The molecular formula is C43H56N2O3S. The molecule has 262 valence electrons. The highest BCUT2D eigenvalue weighted by molar-refractivity contribution is 7.10. The summed E-state index contributed by atoms with van der Waals surface area (Å²) in [4.78, 5) is 43.1. The molecule has 3 aliphatic carbocycles. The molecule has 1 amide bonds. The van der Waals surface area contributed by atoms with Gasteiger partial charge in [-0.05, 0) is 105 Å². The van der Waals surface area contributed by atoms with Crippen LogP contribution in [0.25, 0.3) is 0 Å². The topological polar surface area (TPSA) is 76.1 Å². The van der Waals surface area contributed by atoms with Gasteiger partial charge in [0.2, 0.25) is 0 Å². The lowest BCUT2D eigenvalue weighted by molar-refractivity contribution is -0.121. The molecule has 1 aromatic heterocycles. The lowest BCUT2D eigenvalue weighted by atomic mass is 9.77. The molecular weight excluding hydrogens is 625 g/mol. The van der Waals surface area contributed by atoms with Gasteiger partial charge in [-0.2, -0.15) is 0 Å². The van der Waals surface area contributed by atoms with Crippen LogP contribution in [0.4, 0.5) is 5.69 Å². The fraction of sp³-hybridized carbons (Fsp3) is 0.581. The van der Waals surface area contributed by atoms with E-state index in [0.717, 1.165) is 86.4 Å². The number of ketones is 2. The molecule has 1 N–H and O–H groups in total. The number of carbonyl (C=O) groups is 3. The predicted octanol–water partition coefficient (Wildman–Crippen LogP) is 11.2. The number of aromatic nitrogens is 1. The molecule has 1 heterocycles. The third-order valence-corrected chi connectivity index (χ3v) is 12.6. The first kappa shape index (κ1) is 35.7. The molecule has 6 rings (SSSR count). The average molecular weight is 681 g/mol. The molecule has 0 radical (unpaired) electrons. The van der Waals surface area contributed by atoms with E-state index >= 15 is 0 Å². The third-order valence-electron chi connectivity index (χ3n) is 11.6. The van der Waals surface area contributed by atoms with Crippen LogP contribution in [0.1, 0.15) is 164 Å². The summed E-state index contributed by atoms with van der Waals surface area (Å²) in [6.45, 7) is 2.22. The number of amides is 1. The van der Waals surface area contributed by atoms with Crippen molar-refractivity contribution in [1.82, 2.24) is 4.98 Å². The van der Waals surface area contributed by atoms with Gasteiger partial charge in [0, 0.05) is 41.8 Å². The largest absolute Gasteiger partial charge is 0.320 e. The maximum atomic E-state index is 13.4. The first-order chi connectivity index (χ1) is 23.9. The van der Waals surface area contributed by atoms with Gasteiger partial charge in [-0.3, -0.25) is 14.4 Å². The second-order valence-corrected chi connectivity index (χ2v) is 16.3. The van der Waals surface area contributed by atoms with Crippen LogP contribution >= 0.6 is 11.3 Å². The van der Waals surface area contributed by atoms with Crippen molar-refractivity contribution in [2.45, 2.75) is 141 Å². The van der Waals surface area contributed by atoms with E-state index in [4.69, 9.17) is 0 Å². The maximum Gasteiger partial charge on any atom is 0.275 e. The number of carbonyl (C=O) groups excluding carboxylic acids is 3. The lowest BCUT2D eigenvalue weighted by Gasteiger charge is -2.29. The number of nitrogens with zero attached hydrogens (tertiary/aromatic N) is 1. The van der Waals surface area contributed by atoms with Crippen molar-refractivity contribution in [2.75, 3.05) is 5.32 Å². The summed E-state index contributed by atoms with van der Waals surface area (Å²) in [5.41, 5.74) is 5.95. The lowest BCUT2D eigenvalue weighted by Crippen LogP contribution is -2.17. The first-order valence-corrected chi connectivity index (χ1v) is 20.3. The van der Waals surface area contributed by atoms with Gasteiger partial charge in [0.25, 0.3) is 5.91 Å². The van der Waals surface area contributed by atoms with E-state index in [1.807, 2.05) is 17.5 Å². The fourth-order valence-electron chi connectivity index (χ4n) is 8.18. The molecule has 0 aliphatic heterocycles. The Balaban J connectivity index is 1.00. The minimum absolute atomic E-state index is 0.147. The van der Waals surface area contributed by atoms with Crippen LogP contribution in [0.2, 0.25) is 0 Å². The summed E-state index contributed by atoms with van der Waals surface area (Å²) < 4.78 is 0. The van der Waals surface area contributed by atoms with E-state index in [1.54, 1.807) is 11.3 Å². The molecule has 0 bridgehead atoms. The van der Waals surface area contributed by atoms with Crippen LogP contribution in [-0.2, 0) is 17.6 Å². The van der Waals surface area contributed by atoms with E-state index in [0.29, 0.717) is 41.2 Å². The molecule has 0 spiro atoms. The second kappa shape index (κ2) is 17.7. The first-order valence-electron chi connectivity index (χ1n) is 19.4. The van der Waals surface area contributed by atoms with Crippen molar-refractivity contribution in [3.05, 3.63) is 80.8 Å². The Kier molecular flexibility index (Phi) is 12.9. The van der Waals surface area contributed by atoms with Crippen LogP contribution in [-0.4, -0.2) is 22.5 Å². The third kappa shape index (κ3) is 10.7. The molecule has 1 atom stereocenters. The number of thiazole rings is 1. The van der Waals surface area contributed by atoms with E-state index in [-0.39, 0.29) is 11.7 Å². The summed E-state index contributed by atoms with van der Waals surface area (Å²) in [6.07, 6.45) is 21.6. The van der Waals surface area contributed by atoms with Gasteiger partial charge in [0.1, 0.15) is 11.5 Å². The van der Waals surface area contributed by atoms with Gasteiger partial charge in [-0.25, -0.2) is 4.98 Å². The fourth-order valence-corrected chi connectivity index (χ4v) is 9.15. The van der Waals surface area contributed by atoms with Gasteiger partial charge >= 0.3 is 0 Å². The Labute approximate surface area is 298 Å². The Morgan fingerprint density at radius 3 is 2.29 bits per heavy atom. The predicted molar refractivity (Wildman–Crippen MR) is 201 cm³/mol. The molecule has 6 heteroatoms. The molecule has 3 saturated carbocycles. The number of unbranched alkanes of at least 4 members (excludes halogenated alkanes) is 3. The Morgan fingerprint density at radius 1 is 0.816 bits per heavy atom. The molecule has 0 saturated heterocycles. The molecule has 5 nitrogen and oxygen atoms in total. The quantitative estimate of drug-likeness (QED) is 0.114. The Hall–Kier alpha value is -3.12. The minimum Gasteiger partial charge on any atom is -0.320 e. The average Bonchev–Trinajstić information content (AvgIpc) is 3.84. The number of rotatable bonds is 17. The highest BCUT2D eigenvalue weighted by Crippen LogP contribution is 2.41. The van der Waals surface area contributed by atoms with Crippen molar-refractivity contribution >= 4 is 34.5 Å². The summed E-state index contributed by atoms with van der Waals surface area (Å²) in [5.74, 6) is 3.03. The molecule has 1 unspecified atom stereocenters. The number of hydrogen-bond donors (Lipinski definition) is 1. The zero-order chi connectivity index (χ0) is 34.0. The number of Topliss-reactive ketones (excluding diaryl/α,β-unsaturated/α-hetero) is 2. The van der Waals surface area contributed by atoms with Crippen LogP contribution < -0.4 is 5.32 Å². The SMILES string of the molecule is Cc1ccccc1CCC1CCC(CCc2ccc(C(=O)CCCCCCC3CCCC(=O)C3)cc2NC(=O)c2csc(C3CC3)n2)CC1. The van der Waals surface area contributed by atoms with Gasteiger partial charge in [0.05, 0.1) is 5.01 Å². The van der Waals surface area contributed by atoms with Crippen LogP contribution in [0.15, 0.2) is 47.8 Å². The number of nitrogens with one attached hydrogen (secondary N) is 1. The van der Waals surface area contributed by atoms with Crippen molar-refractivity contribution < 1.29 is 14.4 Å². The van der Waals surface area contributed by atoms with E-state index in [9.17, 15) is 14.4 Å². The van der Waals surface area contributed by atoms with Crippen LogP contribution in [0.5, 0.6) is 0 Å². The normalized spacial score (nSPS) is 21.1. The van der Waals surface area contributed by atoms with Crippen molar-refractivity contribution in [2.24, 2.45) is 17.8 Å². The zero-order valence-corrected chi connectivity index (χ0v) is 30.5. The van der Waals surface area contributed by atoms with E-state index in [1.165, 1.54) is 68.9 Å². The highest BCUT2D eigenvalue weighted by Gasteiger charge is 2.28. The summed E-state index contributed by atoms with van der Waals surface area (Å²) >= 11 is 1.58. The van der Waals surface area contributed by atoms with Crippen molar-refractivity contribution in [1.29, 1.82) is 0 Å². The monoisotopic (exact) mass is 680 g/mol. The van der Waals surface area contributed by atoms with Crippen LogP contribution in [0, 0.1) is 24.7 Å². The van der Waals surface area contributed by atoms with E-state index < -0.39 is 0 Å². The summed E-state index contributed by atoms with van der Waals surface area (Å²) in [6, 6.07) is 14.8. The van der Waals surface area contributed by atoms with Gasteiger partial charge < -0.3 is 5.32 Å². The molecule has 3 aromatic rings. The molecule has 3 aliphatic rings. The van der Waals surface area contributed by atoms with Crippen LogP contribution in [0.3, 0.4) is 0 Å². The van der Waals surface area contributed by atoms with Crippen molar-refractivity contribution in [3.8, 4) is 0 Å². The number of hydrogen-bond acceptors (Lipinski definition) is 5. The van der Waals surface area contributed by atoms with Gasteiger partial charge in [-0.1, -0.05) is 87.8 Å². The number of aryl methyl sites for hydroxylation is 3. The summed E-state index contributed by atoms with van der Waals surface area (Å²) in [5, 5.41) is 6.12. The van der Waals surface area contributed by atoms with Gasteiger partial charge in [0.15, 0.2) is 5.78 Å². The summed E-state index contributed by atoms with van der Waals surface area (Å²) in [7, 11) is 0. The molecule has 2 aromatic carbocycles. The smallest absolute Gasteiger partial charge is 0.275 e. The number of anilines is 1. The maximum absolute atomic E-state index is 13.4.